The highest BCUT2D eigenvalue weighted by Crippen LogP contribution is 2.33. The molecule has 39 heavy (non-hydrogen) atoms. The van der Waals surface area contributed by atoms with E-state index in [4.69, 9.17) is 9.84 Å². The summed E-state index contributed by atoms with van der Waals surface area (Å²) in [5.74, 6) is -0.173. The van der Waals surface area contributed by atoms with E-state index >= 15 is 4.39 Å². The van der Waals surface area contributed by atoms with Gasteiger partial charge in [-0.3, -0.25) is 14.5 Å². The first-order chi connectivity index (χ1) is 18.5. The summed E-state index contributed by atoms with van der Waals surface area (Å²) in [7, 11) is 0.170. The number of nitrogens with one attached hydrogen (secondary N) is 1. The molecule has 0 aliphatic heterocycles. The largest absolute Gasteiger partial charge is 0.456 e. The maximum Gasteiger partial charge on any atom is 0.228 e. The first kappa shape index (κ1) is 28.3. The standard InChI is InChI=1S/C28H32FN5O4S/c1-18-24(9-6-19(27(18)29)14-26(36)32-20-16-31-34(17-20)28(2,3)4)38-25-10-11-30-23-8-7-21(15-22(23)25)39(37)33(5)12-13-35/h6-11,15-17,35H,12-14H2,1-5H3,(H,32,36). The molecule has 4 rings (SSSR count). The van der Waals surface area contributed by atoms with Gasteiger partial charge in [-0.2, -0.15) is 5.10 Å². The monoisotopic (exact) mass is 553 g/mol. The molecule has 1 atom stereocenters. The van der Waals surface area contributed by atoms with E-state index in [1.54, 1.807) is 67.6 Å². The van der Waals surface area contributed by atoms with E-state index in [1.807, 2.05) is 20.8 Å². The fourth-order valence-corrected chi connectivity index (χ4v) is 4.93. The van der Waals surface area contributed by atoms with Crippen molar-refractivity contribution in [1.29, 1.82) is 0 Å². The average Bonchev–Trinajstić information content (AvgIpc) is 3.37. The summed E-state index contributed by atoms with van der Waals surface area (Å²) < 4.78 is 37.5. The SMILES string of the molecule is Cc1c(Oc2ccnc3ccc(S(=O)N(C)CCO)cc23)ccc(CC(=O)Nc2cnn(C(C)(C)C)c2)c1F. The van der Waals surface area contributed by atoms with Crippen molar-refractivity contribution in [3.05, 3.63) is 71.9 Å². The topological polar surface area (TPSA) is 110 Å². The normalized spacial score (nSPS) is 12.6. The number of hydrogen-bond donors (Lipinski definition) is 2. The smallest absolute Gasteiger partial charge is 0.228 e. The number of aliphatic hydroxyl groups excluding tert-OH is 1. The summed E-state index contributed by atoms with van der Waals surface area (Å²) in [5, 5.41) is 16.8. The van der Waals surface area contributed by atoms with Crippen LogP contribution in [0.1, 0.15) is 31.9 Å². The van der Waals surface area contributed by atoms with Gasteiger partial charge in [0.1, 0.15) is 28.3 Å². The van der Waals surface area contributed by atoms with Gasteiger partial charge in [0.25, 0.3) is 0 Å². The molecule has 0 radical (unpaired) electrons. The molecule has 0 saturated carbocycles. The molecule has 1 unspecified atom stereocenters. The van der Waals surface area contributed by atoms with E-state index < -0.39 is 16.8 Å². The number of carbonyl (C=O) groups excluding carboxylic acids is 1. The highest BCUT2D eigenvalue weighted by Gasteiger charge is 2.18. The maximum absolute atomic E-state index is 15.3. The van der Waals surface area contributed by atoms with Gasteiger partial charge >= 0.3 is 0 Å². The van der Waals surface area contributed by atoms with E-state index in [0.717, 1.165) is 0 Å². The number of anilines is 1. The molecule has 1 amide bonds. The lowest BCUT2D eigenvalue weighted by atomic mass is 10.1. The summed E-state index contributed by atoms with van der Waals surface area (Å²) in [5.41, 5.74) is 1.44. The molecule has 206 valence electrons. The Morgan fingerprint density at radius 3 is 2.67 bits per heavy atom. The number of fused-ring (bicyclic) bond motifs is 1. The third-order valence-corrected chi connectivity index (χ3v) is 7.52. The Kier molecular flexibility index (Phi) is 8.43. The van der Waals surface area contributed by atoms with Crippen molar-refractivity contribution >= 4 is 33.5 Å². The molecule has 0 bridgehead atoms. The number of nitrogens with zero attached hydrogens (tertiary/aromatic N) is 4. The predicted octanol–water partition coefficient (Wildman–Crippen LogP) is 4.55. The molecule has 0 saturated heterocycles. The molecule has 9 nitrogen and oxygen atoms in total. The van der Waals surface area contributed by atoms with Gasteiger partial charge in [0, 0.05) is 36.9 Å². The van der Waals surface area contributed by atoms with Crippen LogP contribution in [-0.4, -0.2) is 54.5 Å². The third-order valence-electron chi connectivity index (χ3n) is 6.11. The molecule has 0 fully saturated rings. The number of benzene rings is 2. The van der Waals surface area contributed by atoms with Gasteiger partial charge in [-0.15, -0.1) is 0 Å². The van der Waals surface area contributed by atoms with Gasteiger partial charge in [0.05, 0.1) is 40.9 Å². The van der Waals surface area contributed by atoms with Crippen molar-refractivity contribution in [3.8, 4) is 11.5 Å². The van der Waals surface area contributed by atoms with Crippen LogP contribution in [0.15, 0.2) is 59.9 Å². The molecule has 0 aliphatic rings. The molecule has 0 spiro atoms. The summed E-state index contributed by atoms with van der Waals surface area (Å²) in [6.45, 7) is 7.73. The van der Waals surface area contributed by atoms with Crippen LogP contribution >= 0.6 is 0 Å². The Hall–Kier alpha value is -3.67. The minimum Gasteiger partial charge on any atom is -0.456 e. The number of aromatic nitrogens is 3. The predicted molar refractivity (Wildman–Crippen MR) is 149 cm³/mol. The summed E-state index contributed by atoms with van der Waals surface area (Å²) in [6.07, 6.45) is 4.73. The minimum atomic E-state index is -1.49. The minimum absolute atomic E-state index is 0.115. The number of rotatable bonds is 9. The molecule has 2 N–H and O–H groups in total. The Morgan fingerprint density at radius 1 is 1.21 bits per heavy atom. The number of pyridine rings is 1. The lowest BCUT2D eigenvalue weighted by Crippen LogP contribution is -2.24. The molecule has 0 aliphatic carbocycles. The fourth-order valence-electron chi connectivity index (χ4n) is 3.92. The van der Waals surface area contributed by atoms with Crippen LogP contribution in [0.4, 0.5) is 10.1 Å². The number of aliphatic hydroxyl groups is 1. The van der Waals surface area contributed by atoms with E-state index in [0.29, 0.717) is 33.0 Å². The molecule has 4 aromatic rings. The number of amides is 1. The summed E-state index contributed by atoms with van der Waals surface area (Å²) >= 11 is 0. The first-order valence-corrected chi connectivity index (χ1v) is 13.5. The van der Waals surface area contributed by atoms with Crippen LogP contribution < -0.4 is 10.1 Å². The third kappa shape index (κ3) is 6.49. The summed E-state index contributed by atoms with van der Waals surface area (Å²) in [6, 6.07) is 9.98. The van der Waals surface area contributed by atoms with Crippen LogP contribution in [0.5, 0.6) is 11.5 Å². The van der Waals surface area contributed by atoms with Crippen LogP contribution in [-0.2, 0) is 27.7 Å². The lowest BCUT2D eigenvalue weighted by Gasteiger charge is -2.18. The molecular formula is C28H32FN5O4S. The quantitative estimate of drug-likeness (QED) is 0.315. The Balaban J connectivity index is 1.53. The van der Waals surface area contributed by atoms with E-state index in [2.05, 4.69) is 15.4 Å². The average molecular weight is 554 g/mol. The lowest BCUT2D eigenvalue weighted by molar-refractivity contribution is -0.115. The Morgan fingerprint density at radius 2 is 1.97 bits per heavy atom. The Labute approximate surface area is 229 Å². The van der Waals surface area contributed by atoms with Gasteiger partial charge in [-0.1, -0.05) is 6.07 Å². The van der Waals surface area contributed by atoms with E-state index in [1.165, 1.54) is 10.4 Å². The van der Waals surface area contributed by atoms with Gasteiger partial charge in [-0.05, 0) is 63.6 Å². The number of likely N-dealkylation sites (N-methyl/N-ethyl adjacent to an activating group) is 1. The number of hydrogen-bond acceptors (Lipinski definition) is 6. The van der Waals surface area contributed by atoms with Crippen molar-refractivity contribution in [2.24, 2.45) is 0 Å². The highest BCUT2D eigenvalue weighted by molar-refractivity contribution is 7.82. The van der Waals surface area contributed by atoms with E-state index in [9.17, 15) is 9.00 Å². The zero-order valence-electron chi connectivity index (χ0n) is 22.6. The first-order valence-electron chi connectivity index (χ1n) is 12.4. The van der Waals surface area contributed by atoms with Crippen LogP contribution in [0.2, 0.25) is 0 Å². The Bertz CT molecular complexity index is 1530. The van der Waals surface area contributed by atoms with Crippen molar-refractivity contribution in [2.75, 3.05) is 25.5 Å². The van der Waals surface area contributed by atoms with Crippen LogP contribution in [0, 0.1) is 12.7 Å². The van der Waals surface area contributed by atoms with Crippen LogP contribution in [0.3, 0.4) is 0 Å². The molecule has 11 heteroatoms. The highest BCUT2D eigenvalue weighted by atomic mass is 32.2. The van der Waals surface area contributed by atoms with Gasteiger partial charge < -0.3 is 15.2 Å². The second-order valence-electron chi connectivity index (χ2n) is 10.1. The fraction of sp³-hybridized carbons (Fsp3) is 0.321. The van der Waals surface area contributed by atoms with Crippen molar-refractivity contribution in [1.82, 2.24) is 19.1 Å². The molecule has 2 aromatic heterocycles. The van der Waals surface area contributed by atoms with Gasteiger partial charge in [0.2, 0.25) is 5.91 Å². The van der Waals surface area contributed by atoms with Crippen molar-refractivity contribution in [3.63, 3.8) is 0 Å². The number of ether oxygens (including phenoxy) is 1. The second kappa shape index (κ2) is 11.6. The maximum atomic E-state index is 15.3. The van der Waals surface area contributed by atoms with Crippen molar-refractivity contribution in [2.45, 2.75) is 44.6 Å². The second-order valence-corrected chi connectivity index (χ2v) is 11.7. The van der Waals surface area contributed by atoms with Gasteiger partial charge in [-0.25, -0.2) is 12.9 Å². The zero-order chi connectivity index (χ0) is 28.3. The van der Waals surface area contributed by atoms with Crippen LogP contribution in [0.25, 0.3) is 10.9 Å². The number of halogens is 1. The summed E-state index contributed by atoms with van der Waals surface area (Å²) in [4.78, 5) is 17.5. The molecule has 2 heterocycles. The molecular weight excluding hydrogens is 521 g/mol. The number of carbonyl (C=O) groups is 1. The zero-order valence-corrected chi connectivity index (χ0v) is 23.4. The molecule has 2 aromatic carbocycles. The van der Waals surface area contributed by atoms with E-state index in [-0.39, 0.29) is 42.1 Å². The van der Waals surface area contributed by atoms with Crippen molar-refractivity contribution < 1.29 is 23.2 Å². The van der Waals surface area contributed by atoms with Gasteiger partial charge in [0.15, 0.2) is 0 Å².